The summed E-state index contributed by atoms with van der Waals surface area (Å²) in [6.07, 6.45) is 3.69. The van der Waals surface area contributed by atoms with Gasteiger partial charge in [0.1, 0.15) is 0 Å². The van der Waals surface area contributed by atoms with Gasteiger partial charge in [0.15, 0.2) is 0 Å². The summed E-state index contributed by atoms with van der Waals surface area (Å²) in [5.74, 6) is -0.122. The lowest BCUT2D eigenvalue weighted by Gasteiger charge is -2.14. The molecule has 1 aliphatic carbocycles. The van der Waals surface area contributed by atoms with Crippen molar-refractivity contribution in [1.29, 1.82) is 0 Å². The van der Waals surface area contributed by atoms with Gasteiger partial charge in [-0.25, -0.2) is 0 Å². The van der Waals surface area contributed by atoms with Crippen LogP contribution in [0, 0.1) is 6.92 Å². The number of aromatic nitrogens is 3. The van der Waals surface area contributed by atoms with Crippen LogP contribution in [0.2, 0.25) is 0 Å². The fourth-order valence-corrected chi connectivity index (χ4v) is 2.08. The van der Waals surface area contributed by atoms with Gasteiger partial charge in [-0.1, -0.05) is 0 Å². The Hall–Kier alpha value is -1.91. The molecule has 0 spiro atoms. The molecule has 2 heterocycles. The molecule has 17 heavy (non-hydrogen) atoms. The number of aryl methyl sites for hydroxylation is 1. The number of hydrogen-bond donors (Lipinski definition) is 1. The minimum atomic E-state index is -0.122. The summed E-state index contributed by atoms with van der Waals surface area (Å²) in [4.78, 5) is 12.0. The second-order valence-corrected chi connectivity index (χ2v) is 4.91. The fraction of sp³-hybridized carbons (Fsp3) is 0.417. The van der Waals surface area contributed by atoms with Gasteiger partial charge in [0.25, 0.3) is 5.56 Å². The van der Waals surface area contributed by atoms with Crippen molar-refractivity contribution in [1.82, 2.24) is 14.8 Å². The predicted molar refractivity (Wildman–Crippen MR) is 63.1 cm³/mol. The van der Waals surface area contributed by atoms with Crippen molar-refractivity contribution >= 4 is 10.8 Å². The van der Waals surface area contributed by atoms with Crippen LogP contribution >= 0.6 is 0 Å². The van der Waals surface area contributed by atoms with E-state index in [1.54, 1.807) is 17.7 Å². The highest BCUT2D eigenvalue weighted by molar-refractivity contribution is 5.87. The normalized spacial score (nSPS) is 17.3. The number of fused-ring (bicyclic) bond motifs is 1. The van der Waals surface area contributed by atoms with Crippen molar-refractivity contribution in [2.45, 2.75) is 32.2 Å². The molecular weight excluding hydrogens is 218 g/mol. The van der Waals surface area contributed by atoms with Gasteiger partial charge in [0.2, 0.25) is 5.88 Å². The molecule has 5 heteroatoms. The molecule has 0 saturated heterocycles. The third-order valence-corrected chi connectivity index (χ3v) is 3.53. The summed E-state index contributed by atoms with van der Waals surface area (Å²) in [7, 11) is 0. The van der Waals surface area contributed by atoms with Crippen LogP contribution in [0.5, 0.6) is 5.88 Å². The van der Waals surface area contributed by atoms with Gasteiger partial charge < -0.3 is 9.67 Å². The Morgan fingerprint density at radius 2 is 2.06 bits per heavy atom. The molecule has 1 aliphatic rings. The van der Waals surface area contributed by atoms with Crippen LogP contribution in [-0.4, -0.2) is 19.9 Å². The summed E-state index contributed by atoms with van der Waals surface area (Å²) in [5, 5.41) is 18.4. The van der Waals surface area contributed by atoms with E-state index in [1.165, 1.54) is 6.07 Å². The van der Waals surface area contributed by atoms with Crippen LogP contribution in [-0.2, 0) is 5.54 Å². The molecule has 1 N–H and O–H groups in total. The lowest BCUT2D eigenvalue weighted by molar-refractivity contribution is 0.450. The van der Waals surface area contributed by atoms with E-state index >= 15 is 0 Å². The number of pyridine rings is 1. The zero-order valence-corrected chi connectivity index (χ0v) is 9.77. The van der Waals surface area contributed by atoms with Gasteiger partial charge in [-0.3, -0.25) is 4.79 Å². The maximum atomic E-state index is 12.0. The van der Waals surface area contributed by atoms with Crippen molar-refractivity contribution in [2.24, 2.45) is 0 Å². The van der Waals surface area contributed by atoms with Gasteiger partial charge >= 0.3 is 0 Å². The van der Waals surface area contributed by atoms with Crippen LogP contribution in [0.15, 0.2) is 17.1 Å². The van der Waals surface area contributed by atoms with E-state index in [4.69, 9.17) is 0 Å². The molecule has 0 radical (unpaired) electrons. The zero-order valence-electron chi connectivity index (χ0n) is 9.77. The summed E-state index contributed by atoms with van der Waals surface area (Å²) >= 11 is 0. The van der Waals surface area contributed by atoms with Crippen LogP contribution in [0.25, 0.3) is 10.8 Å². The molecule has 0 aromatic carbocycles. The lowest BCUT2D eigenvalue weighted by Crippen LogP contribution is -2.27. The second kappa shape index (κ2) is 3.06. The molecule has 1 fully saturated rings. The van der Waals surface area contributed by atoms with Crippen LogP contribution in [0.4, 0.5) is 0 Å². The Balaban J connectivity index is 2.39. The molecule has 0 amide bonds. The van der Waals surface area contributed by atoms with E-state index in [9.17, 15) is 9.90 Å². The highest BCUT2D eigenvalue weighted by Crippen LogP contribution is 2.42. The molecule has 0 unspecified atom stereocenters. The second-order valence-electron chi connectivity index (χ2n) is 4.91. The predicted octanol–water partition coefficient (Wildman–Crippen LogP) is 1.31. The summed E-state index contributed by atoms with van der Waals surface area (Å²) < 4.78 is 1.69. The minimum Gasteiger partial charge on any atom is -0.492 e. The molecule has 0 aliphatic heterocycles. The van der Waals surface area contributed by atoms with Gasteiger partial charge in [0, 0.05) is 23.2 Å². The van der Waals surface area contributed by atoms with Crippen LogP contribution in [0.3, 0.4) is 0 Å². The topological polar surface area (TPSA) is 68.0 Å². The Kier molecular flexibility index (Phi) is 1.85. The van der Waals surface area contributed by atoms with Crippen molar-refractivity contribution in [3.63, 3.8) is 0 Å². The molecule has 3 rings (SSSR count). The summed E-state index contributed by atoms with van der Waals surface area (Å²) in [6.45, 7) is 3.82. The first-order valence-electron chi connectivity index (χ1n) is 5.60. The molecule has 88 valence electrons. The first-order chi connectivity index (χ1) is 8.01. The SMILES string of the molecule is Cc1nnc(O)c2cn(C3(C)CC3)c(=O)cc12. The zero-order chi connectivity index (χ0) is 12.2. The maximum Gasteiger partial charge on any atom is 0.251 e. The Morgan fingerprint density at radius 3 is 2.71 bits per heavy atom. The monoisotopic (exact) mass is 231 g/mol. The van der Waals surface area contributed by atoms with Crippen LogP contribution in [0.1, 0.15) is 25.5 Å². The minimum absolute atomic E-state index is 0.0481. The fourth-order valence-electron chi connectivity index (χ4n) is 2.08. The molecule has 0 bridgehead atoms. The average molecular weight is 231 g/mol. The Bertz CT molecular complexity index is 671. The highest BCUT2D eigenvalue weighted by Gasteiger charge is 2.40. The molecule has 2 aromatic rings. The number of aromatic hydroxyl groups is 1. The van der Waals surface area contributed by atoms with E-state index in [0.29, 0.717) is 16.5 Å². The van der Waals surface area contributed by atoms with Crippen molar-refractivity contribution in [3.8, 4) is 5.88 Å². The largest absolute Gasteiger partial charge is 0.492 e. The first-order valence-corrected chi connectivity index (χ1v) is 5.60. The maximum absolute atomic E-state index is 12.0. The molecular formula is C12H13N3O2. The Labute approximate surface area is 97.7 Å². The van der Waals surface area contributed by atoms with Gasteiger partial charge in [-0.15, -0.1) is 5.10 Å². The van der Waals surface area contributed by atoms with E-state index in [0.717, 1.165) is 12.8 Å². The molecule has 2 aromatic heterocycles. The summed E-state index contributed by atoms with van der Waals surface area (Å²) in [6, 6.07) is 1.53. The van der Waals surface area contributed by atoms with E-state index < -0.39 is 0 Å². The number of rotatable bonds is 1. The Morgan fingerprint density at radius 1 is 1.35 bits per heavy atom. The molecule has 0 atom stereocenters. The third kappa shape index (κ3) is 1.42. The lowest BCUT2D eigenvalue weighted by atomic mass is 10.2. The summed E-state index contributed by atoms with van der Waals surface area (Å²) in [5.41, 5.74) is 0.519. The van der Waals surface area contributed by atoms with E-state index in [-0.39, 0.29) is 17.0 Å². The van der Waals surface area contributed by atoms with E-state index in [1.807, 2.05) is 6.92 Å². The van der Waals surface area contributed by atoms with Crippen molar-refractivity contribution < 1.29 is 5.11 Å². The first kappa shape index (κ1) is 10.3. The van der Waals surface area contributed by atoms with Crippen molar-refractivity contribution in [3.05, 3.63) is 28.3 Å². The quantitative estimate of drug-likeness (QED) is 0.803. The third-order valence-electron chi connectivity index (χ3n) is 3.53. The number of hydrogen-bond acceptors (Lipinski definition) is 4. The van der Waals surface area contributed by atoms with Crippen LogP contribution < -0.4 is 5.56 Å². The van der Waals surface area contributed by atoms with Gasteiger partial charge in [0.05, 0.1) is 11.1 Å². The van der Waals surface area contributed by atoms with Crippen molar-refractivity contribution in [2.75, 3.05) is 0 Å². The standard InChI is InChI=1S/C12H13N3O2/c1-7-8-5-10(16)15(12(2)3-4-12)6-9(8)11(17)14-13-7/h5-6H,3-4H2,1-2H3,(H,14,17). The van der Waals surface area contributed by atoms with Gasteiger partial charge in [-0.2, -0.15) is 5.10 Å². The molecule has 5 nitrogen and oxygen atoms in total. The smallest absolute Gasteiger partial charge is 0.251 e. The molecule has 1 saturated carbocycles. The average Bonchev–Trinajstić information content (AvgIpc) is 3.03. The highest BCUT2D eigenvalue weighted by atomic mass is 16.3. The van der Waals surface area contributed by atoms with Gasteiger partial charge in [-0.05, 0) is 26.7 Å². The number of nitrogens with zero attached hydrogens (tertiary/aromatic N) is 3. The van der Waals surface area contributed by atoms with E-state index in [2.05, 4.69) is 10.2 Å².